The molecule has 1 unspecified atom stereocenters. The van der Waals surface area contributed by atoms with Gasteiger partial charge in [0.05, 0.1) is 34.1 Å². The molecule has 146 valence electrons. The van der Waals surface area contributed by atoms with Crippen LogP contribution in [-0.2, 0) is 22.5 Å². The lowest BCUT2D eigenvalue weighted by atomic mass is 10.1. The number of nitrogens with zero attached hydrogens (tertiary/aromatic N) is 3. The van der Waals surface area contributed by atoms with Crippen LogP contribution in [0.25, 0.3) is 0 Å². The predicted molar refractivity (Wildman–Crippen MR) is 110 cm³/mol. The largest absolute Gasteiger partial charge is 0.493 e. The summed E-state index contributed by atoms with van der Waals surface area (Å²) >= 11 is 3.59. The monoisotopic (exact) mass is 474 g/mol. The number of nitrogens with one attached hydrogen (secondary N) is 1. The van der Waals surface area contributed by atoms with E-state index in [1.54, 1.807) is 10.7 Å². The lowest BCUT2D eigenvalue weighted by molar-refractivity contribution is 0.339. The number of alkyl halides is 1. The zero-order valence-electron chi connectivity index (χ0n) is 15.2. The zero-order valence-corrected chi connectivity index (χ0v) is 18.3. The maximum atomic E-state index is 11.8. The van der Waals surface area contributed by atoms with Gasteiger partial charge in [0.25, 0.3) is 9.05 Å². The fraction of sp³-hybridized carbons (Fsp3) is 0.412. The van der Waals surface area contributed by atoms with Gasteiger partial charge in [0, 0.05) is 17.7 Å². The summed E-state index contributed by atoms with van der Waals surface area (Å²) in [4.78, 5) is 4.31. The van der Waals surface area contributed by atoms with Crippen LogP contribution in [0.5, 0.6) is 5.75 Å². The van der Waals surface area contributed by atoms with E-state index in [9.17, 15) is 8.42 Å². The Morgan fingerprint density at radius 1 is 1.37 bits per heavy atom. The minimum absolute atomic E-state index is 0.0102. The number of aryl methyl sites for hydroxylation is 2. The molecule has 2 heterocycles. The Hall–Kier alpha value is -1.58. The van der Waals surface area contributed by atoms with E-state index in [1.165, 1.54) is 12.1 Å². The summed E-state index contributed by atoms with van der Waals surface area (Å²) in [5.74, 6) is 1.03. The SMILES string of the molecule is CCCc1nn(C)c2c1NC(c1cc(S(=O)(=O)Cl)ccc1OCC)=NC2Br. The normalized spacial score (nSPS) is 16.5. The Bertz CT molecular complexity index is 1000. The van der Waals surface area contributed by atoms with Crippen molar-refractivity contribution in [2.75, 3.05) is 11.9 Å². The van der Waals surface area contributed by atoms with Crippen molar-refractivity contribution in [3.05, 3.63) is 35.2 Å². The van der Waals surface area contributed by atoms with Crippen molar-refractivity contribution in [1.29, 1.82) is 0 Å². The Kier molecular flexibility index (Phi) is 5.83. The molecule has 1 N–H and O–H groups in total. The van der Waals surface area contributed by atoms with Crippen molar-refractivity contribution >= 4 is 47.2 Å². The second kappa shape index (κ2) is 7.81. The number of fused-ring (bicyclic) bond motifs is 1. The van der Waals surface area contributed by atoms with Crippen LogP contribution in [0.1, 0.15) is 42.2 Å². The third kappa shape index (κ3) is 4.00. The maximum absolute atomic E-state index is 11.8. The van der Waals surface area contributed by atoms with Gasteiger partial charge in [-0.2, -0.15) is 5.10 Å². The van der Waals surface area contributed by atoms with Gasteiger partial charge in [-0.15, -0.1) is 0 Å². The number of amidine groups is 1. The molecule has 0 bridgehead atoms. The highest BCUT2D eigenvalue weighted by Gasteiger charge is 2.29. The molecule has 27 heavy (non-hydrogen) atoms. The number of aliphatic imine (C=N–C) groups is 1. The molecule has 1 atom stereocenters. The van der Waals surface area contributed by atoms with Crippen LogP contribution in [0.4, 0.5) is 5.69 Å². The van der Waals surface area contributed by atoms with Gasteiger partial charge >= 0.3 is 0 Å². The molecule has 0 saturated carbocycles. The number of aromatic nitrogens is 2. The maximum Gasteiger partial charge on any atom is 0.261 e. The number of halogens is 2. The summed E-state index contributed by atoms with van der Waals surface area (Å²) in [5.41, 5.74) is 3.26. The zero-order chi connectivity index (χ0) is 19.8. The van der Waals surface area contributed by atoms with Crippen molar-refractivity contribution in [2.24, 2.45) is 12.0 Å². The molecular formula is C17H20BrClN4O3S. The van der Waals surface area contributed by atoms with Crippen LogP contribution < -0.4 is 10.1 Å². The van der Waals surface area contributed by atoms with Gasteiger partial charge in [0.1, 0.15) is 11.6 Å². The number of hydrogen-bond acceptors (Lipinski definition) is 6. The molecule has 10 heteroatoms. The molecule has 1 aliphatic heterocycles. The molecular weight excluding hydrogens is 456 g/mol. The lowest BCUT2D eigenvalue weighted by Crippen LogP contribution is -2.22. The Balaban J connectivity index is 2.12. The van der Waals surface area contributed by atoms with Crippen LogP contribution in [0.2, 0.25) is 0 Å². The van der Waals surface area contributed by atoms with Crippen LogP contribution in [0, 0.1) is 0 Å². The Labute approximate surface area is 171 Å². The smallest absolute Gasteiger partial charge is 0.261 e. The van der Waals surface area contributed by atoms with E-state index in [1.807, 2.05) is 14.0 Å². The molecule has 0 saturated heterocycles. The highest BCUT2D eigenvalue weighted by Crippen LogP contribution is 2.38. The quantitative estimate of drug-likeness (QED) is 0.388. The van der Waals surface area contributed by atoms with E-state index in [4.69, 9.17) is 15.4 Å². The molecule has 2 aromatic rings. The van der Waals surface area contributed by atoms with Gasteiger partial charge in [-0.05, 0) is 31.5 Å². The van der Waals surface area contributed by atoms with Crippen LogP contribution in [0.3, 0.4) is 0 Å². The second-order valence-corrected chi connectivity index (χ2v) is 9.48. The summed E-state index contributed by atoms with van der Waals surface area (Å²) in [6, 6.07) is 4.48. The molecule has 1 aromatic heterocycles. The molecule has 1 aliphatic rings. The van der Waals surface area contributed by atoms with Gasteiger partial charge in [-0.1, -0.05) is 29.3 Å². The Morgan fingerprint density at radius 3 is 2.74 bits per heavy atom. The average molecular weight is 476 g/mol. The van der Waals surface area contributed by atoms with E-state index in [0.717, 1.165) is 29.9 Å². The van der Waals surface area contributed by atoms with E-state index in [-0.39, 0.29) is 9.85 Å². The number of hydrogen-bond donors (Lipinski definition) is 1. The number of anilines is 1. The van der Waals surface area contributed by atoms with Gasteiger partial charge in [-0.3, -0.25) is 4.68 Å². The number of rotatable bonds is 6. The standard InChI is InChI=1S/C17H20BrClN4O3S/c1-4-6-12-14-15(23(3)22-12)16(18)21-17(20-14)11-9-10(27(19,24)25)7-8-13(11)26-5-2/h7-9,16H,4-6H2,1-3H3,(H,20,21). The summed E-state index contributed by atoms with van der Waals surface area (Å²) in [6.07, 6.45) is 1.77. The summed E-state index contributed by atoms with van der Waals surface area (Å²) in [6.45, 7) is 4.38. The molecule has 1 aromatic carbocycles. The first kappa shape index (κ1) is 20.2. The van der Waals surface area contributed by atoms with E-state index < -0.39 is 9.05 Å². The topological polar surface area (TPSA) is 85.6 Å². The highest BCUT2D eigenvalue weighted by atomic mass is 79.9. The van der Waals surface area contributed by atoms with E-state index in [0.29, 0.717) is 23.8 Å². The average Bonchev–Trinajstić information content (AvgIpc) is 2.91. The van der Waals surface area contributed by atoms with Crippen molar-refractivity contribution in [1.82, 2.24) is 9.78 Å². The molecule has 0 aliphatic carbocycles. The summed E-state index contributed by atoms with van der Waals surface area (Å²) in [5, 5.41) is 7.89. The van der Waals surface area contributed by atoms with Gasteiger partial charge in [0.2, 0.25) is 0 Å². The first-order chi connectivity index (χ1) is 12.8. The summed E-state index contributed by atoms with van der Waals surface area (Å²) in [7, 11) is 3.53. The van der Waals surface area contributed by atoms with Crippen molar-refractivity contribution in [3.63, 3.8) is 0 Å². The van der Waals surface area contributed by atoms with Gasteiger partial charge in [0.15, 0.2) is 4.95 Å². The predicted octanol–water partition coefficient (Wildman–Crippen LogP) is 3.96. The minimum atomic E-state index is -3.88. The fourth-order valence-electron chi connectivity index (χ4n) is 3.01. The van der Waals surface area contributed by atoms with Crippen LogP contribution in [-0.4, -0.2) is 30.6 Å². The molecule has 0 radical (unpaired) electrons. The fourth-order valence-corrected chi connectivity index (χ4v) is 4.51. The molecule has 7 nitrogen and oxygen atoms in total. The number of benzene rings is 1. The number of ether oxygens (including phenoxy) is 1. The molecule has 3 rings (SSSR count). The molecule has 0 amide bonds. The van der Waals surface area contributed by atoms with Crippen molar-refractivity contribution < 1.29 is 13.2 Å². The minimum Gasteiger partial charge on any atom is -0.493 e. The molecule has 0 fully saturated rings. The highest BCUT2D eigenvalue weighted by molar-refractivity contribution is 9.09. The third-order valence-corrected chi connectivity index (χ3v) is 6.14. The second-order valence-electron chi connectivity index (χ2n) is 6.05. The Morgan fingerprint density at radius 2 is 2.11 bits per heavy atom. The van der Waals surface area contributed by atoms with Crippen LogP contribution in [0.15, 0.2) is 28.1 Å². The molecule has 0 spiro atoms. The summed E-state index contributed by atoms with van der Waals surface area (Å²) < 4.78 is 31.0. The van der Waals surface area contributed by atoms with E-state index in [2.05, 4.69) is 38.3 Å². The first-order valence-electron chi connectivity index (χ1n) is 8.52. The first-order valence-corrected chi connectivity index (χ1v) is 11.7. The van der Waals surface area contributed by atoms with Gasteiger partial charge < -0.3 is 10.1 Å². The van der Waals surface area contributed by atoms with Crippen molar-refractivity contribution in [2.45, 2.75) is 36.5 Å². The van der Waals surface area contributed by atoms with Gasteiger partial charge in [-0.25, -0.2) is 13.4 Å². The van der Waals surface area contributed by atoms with Crippen molar-refractivity contribution in [3.8, 4) is 5.75 Å². The lowest BCUT2D eigenvalue weighted by Gasteiger charge is -2.22. The van der Waals surface area contributed by atoms with E-state index >= 15 is 0 Å². The third-order valence-electron chi connectivity index (χ3n) is 4.15. The van der Waals surface area contributed by atoms with Crippen LogP contribution >= 0.6 is 26.6 Å².